The number of alkyl halides is 3. The van der Waals surface area contributed by atoms with Crippen molar-refractivity contribution < 1.29 is 46.1 Å². The number of aliphatic carboxylic acids is 1. The fourth-order valence-electron chi connectivity index (χ4n) is 2.65. The third kappa shape index (κ3) is 8.83. The number of hydrogen-bond donors (Lipinski definition) is 3. The van der Waals surface area contributed by atoms with Crippen LogP contribution >= 0.6 is 11.6 Å². The quantitative estimate of drug-likeness (QED) is 0.416. The summed E-state index contributed by atoms with van der Waals surface area (Å²) in [5.74, 6) is -3.53. The number of nitrogens with one attached hydrogen (secondary N) is 1. The lowest BCUT2D eigenvalue weighted by Gasteiger charge is -2.21. The van der Waals surface area contributed by atoms with Gasteiger partial charge in [-0.1, -0.05) is 24.9 Å². The maximum atomic E-state index is 12.6. The smallest absolute Gasteiger partial charge is 0.490 e. The summed E-state index contributed by atoms with van der Waals surface area (Å²) in [6.07, 6.45) is -3.18. The number of ether oxygens (including phenoxy) is 1. The van der Waals surface area contributed by atoms with Gasteiger partial charge in [-0.25, -0.2) is 18.0 Å². The van der Waals surface area contributed by atoms with Crippen LogP contribution in [0.5, 0.6) is 5.75 Å². The molecular formula is C21H24ClF3N2O7S. The Bertz CT molecular complexity index is 1160. The average Bonchev–Trinajstić information content (AvgIpc) is 2.76. The van der Waals surface area contributed by atoms with Gasteiger partial charge in [0.2, 0.25) is 0 Å². The molecule has 0 saturated heterocycles. The first-order valence-electron chi connectivity index (χ1n) is 9.89. The Kier molecular flexibility index (Phi) is 10.7. The monoisotopic (exact) mass is 540 g/mol. The van der Waals surface area contributed by atoms with Crippen molar-refractivity contribution in [2.75, 3.05) is 30.3 Å². The fourth-order valence-corrected chi connectivity index (χ4v) is 4.05. The van der Waals surface area contributed by atoms with Crippen LogP contribution in [0.4, 0.5) is 24.5 Å². The molecule has 3 N–H and O–H groups in total. The molecule has 0 atom stereocenters. The number of unbranched alkanes of at least 4 members (excludes halogenated alkanes) is 1. The number of rotatable bonds is 9. The molecule has 0 spiro atoms. The van der Waals surface area contributed by atoms with Crippen LogP contribution in [-0.2, 0) is 14.8 Å². The molecule has 9 nitrogen and oxygen atoms in total. The van der Waals surface area contributed by atoms with Gasteiger partial charge in [0.1, 0.15) is 5.75 Å². The zero-order chi connectivity index (χ0) is 27.0. The normalized spacial score (nSPS) is 11.2. The Balaban J connectivity index is 0.000000762. The van der Waals surface area contributed by atoms with Crippen molar-refractivity contribution >= 4 is 44.9 Å². The number of anilines is 2. The molecule has 2 rings (SSSR count). The minimum absolute atomic E-state index is 0.0200. The van der Waals surface area contributed by atoms with E-state index in [1.807, 2.05) is 4.90 Å². The minimum Gasteiger partial charge on any atom is -0.495 e. The zero-order valence-corrected chi connectivity index (χ0v) is 20.5. The molecule has 0 bridgehead atoms. The largest absolute Gasteiger partial charge is 0.495 e. The third-order valence-corrected chi connectivity index (χ3v) is 6.09. The molecule has 0 radical (unpaired) electrons. The lowest BCUT2D eigenvalue weighted by Crippen LogP contribution is -2.21. The van der Waals surface area contributed by atoms with E-state index in [2.05, 4.69) is 11.6 Å². The van der Waals surface area contributed by atoms with Gasteiger partial charge in [0.05, 0.1) is 28.3 Å². The first-order valence-corrected chi connectivity index (χ1v) is 11.7. The first-order chi connectivity index (χ1) is 16.1. The standard InChI is InChI=1S/C19H23ClN2O5S.C2HF3O2/c1-4-5-10-22(2)17-8-6-13(11-15(17)19(23)24)21-28(25,26)14-7-9-18(27-3)16(20)12-14;3-2(4,5)1(6)7/h6-9,11-12,21H,4-5,10H2,1-3H3,(H,23,24);(H,6,7). The van der Waals surface area contributed by atoms with Gasteiger partial charge in [0, 0.05) is 19.3 Å². The summed E-state index contributed by atoms with van der Waals surface area (Å²) in [4.78, 5) is 22.3. The van der Waals surface area contributed by atoms with E-state index < -0.39 is 28.1 Å². The Labute approximate surface area is 205 Å². The van der Waals surface area contributed by atoms with Gasteiger partial charge in [-0.2, -0.15) is 13.2 Å². The highest BCUT2D eigenvalue weighted by Crippen LogP contribution is 2.29. The third-order valence-electron chi connectivity index (χ3n) is 4.41. The number of carboxylic acids is 2. The summed E-state index contributed by atoms with van der Waals surface area (Å²) in [6.45, 7) is 2.75. The van der Waals surface area contributed by atoms with E-state index >= 15 is 0 Å². The van der Waals surface area contributed by atoms with Crippen LogP contribution in [0.15, 0.2) is 41.3 Å². The van der Waals surface area contributed by atoms with Crippen molar-refractivity contribution in [1.82, 2.24) is 0 Å². The second-order valence-corrected chi connectivity index (χ2v) is 9.11. The molecular weight excluding hydrogens is 517 g/mol. The highest BCUT2D eigenvalue weighted by molar-refractivity contribution is 7.92. The van der Waals surface area contributed by atoms with Gasteiger partial charge < -0.3 is 19.8 Å². The van der Waals surface area contributed by atoms with Crippen LogP contribution < -0.4 is 14.4 Å². The molecule has 2 aromatic carbocycles. The number of sulfonamides is 1. The molecule has 0 aliphatic rings. The average molecular weight is 541 g/mol. The van der Waals surface area contributed by atoms with Crippen molar-refractivity contribution in [3.63, 3.8) is 0 Å². The van der Waals surface area contributed by atoms with Crippen LogP contribution in [0.2, 0.25) is 5.02 Å². The summed E-state index contributed by atoms with van der Waals surface area (Å²) < 4.78 is 64.4. The SMILES string of the molecule is CCCCN(C)c1ccc(NS(=O)(=O)c2ccc(OC)c(Cl)c2)cc1C(=O)O.O=C(O)C(F)(F)F. The van der Waals surface area contributed by atoms with Crippen LogP contribution in [0.3, 0.4) is 0 Å². The van der Waals surface area contributed by atoms with E-state index in [1.54, 1.807) is 13.1 Å². The number of benzene rings is 2. The van der Waals surface area contributed by atoms with E-state index in [0.29, 0.717) is 18.0 Å². The summed E-state index contributed by atoms with van der Waals surface area (Å²) in [5.41, 5.74) is 0.694. The van der Waals surface area contributed by atoms with E-state index in [9.17, 15) is 31.5 Å². The molecule has 14 heteroatoms. The van der Waals surface area contributed by atoms with Crippen molar-refractivity contribution in [3.8, 4) is 5.75 Å². The molecule has 0 fully saturated rings. The lowest BCUT2D eigenvalue weighted by atomic mass is 10.1. The first kappa shape index (κ1) is 29.8. The van der Waals surface area contributed by atoms with Gasteiger partial charge in [-0.3, -0.25) is 4.72 Å². The Morgan fingerprint density at radius 2 is 1.74 bits per heavy atom. The van der Waals surface area contributed by atoms with Crippen molar-refractivity contribution in [3.05, 3.63) is 47.0 Å². The molecule has 0 unspecified atom stereocenters. The Morgan fingerprint density at radius 1 is 1.14 bits per heavy atom. The lowest BCUT2D eigenvalue weighted by molar-refractivity contribution is -0.192. The molecule has 0 heterocycles. The number of methoxy groups -OCH3 is 1. The van der Waals surface area contributed by atoms with Gasteiger partial charge in [0.15, 0.2) is 0 Å². The summed E-state index contributed by atoms with van der Waals surface area (Å²) in [7, 11) is -0.710. The molecule has 194 valence electrons. The highest BCUT2D eigenvalue weighted by Gasteiger charge is 2.38. The number of hydrogen-bond acceptors (Lipinski definition) is 6. The number of carbonyl (C=O) groups is 2. The van der Waals surface area contributed by atoms with Gasteiger partial charge in [0.25, 0.3) is 10.0 Å². The van der Waals surface area contributed by atoms with E-state index in [4.69, 9.17) is 26.2 Å². The Hall–Kier alpha value is -3.19. The van der Waals surface area contributed by atoms with Crippen LogP contribution in [0.25, 0.3) is 0 Å². The maximum absolute atomic E-state index is 12.6. The molecule has 0 saturated carbocycles. The van der Waals surface area contributed by atoms with Crippen molar-refractivity contribution in [2.24, 2.45) is 0 Å². The second kappa shape index (κ2) is 12.5. The van der Waals surface area contributed by atoms with E-state index in [0.717, 1.165) is 12.8 Å². The topological polar surface area (TPSA) is 133 Å². The maximum Gasteiger partial charge on any atom is 0.490 e. The zero-order valence-electron chi connectivity index (χ0n) is 18.9. The van der Waals surface area contributed by atoms with Gasteiger partial charge in [-0.05, 0) is 42.8 Å². The molecule has 0 aliphatic heterocycles. The number of nitrogens with zero attached hydrogens (tertiary/aromatic N) is 1. The minimum atomic E-state index is -5.08. The van der Waals surface area contributed by atoms with Gasteiger partial charge >= 0.3 is 18.1 Å². The Morgan fingerprint density at radius 3 is 2.20 bits per heavy atom. The summed E-state index contributed by atoms with van der Waals surface area (Å²) >= 11 is 6.00. The fraction of sp³-hybridized carbons (Fsp3) is 0.333. The van der Waals surface area contributed by atoms with Crippen molar-refractivity contribution in [1.29, 1.82) is 0 Å². The number of halogens is 4. The predicted molar refractivity (Wildman–Crippen MR) is 124 cm³/mol. The number of aromatic carboxylic acids is 1. The molecule has 2 aromatic rings. The van der Waals surface area contributed by atoms with Gasteiger partial charge in [-0.15, -0.1) is 0 Å². The highest BCUT2D eigenvalue weighted by atomic mass is 35.5. The van der Waals surface area contributed by atoms with E-state index in [1.165, 1.54) is 37.4 Å². The molecule has 0 amide bonds. The molecule has 35 heavy (non-hydrogen) atoms. The predicted octanol–water partition coefficient (Wildman–Crippen LogP) is 4.72. The molecule has 0 aliphatic carbocycles. The van der Waals surface area contributed by atoms with Crippen molar-refractivity contribution in [2.45, 2.75) is 30.8 Å². The van der Waals surface area contributed by atoms with Crippen LogP contribution in [0, 0.1) is 0 Å². The summed E-state index contributed by atoms with van der Waals surface area (Å²) in [6, 6.07) is 8.52. The number of carboxylic acid groups (broad SMARTS) is 2. The summed E-state index contributed by atoms with van der Waals surface area (Å²) in [5, 5.41) is 16.8. The van der Waals surface area contributed by atoms with Crippen LogP contribution in [0.1, 0.15) is 30.1 Å². The van der Waals surface area contributed by atoms with E-state index in [-0.39, 0.29) is 21.2 Å². The second-order valence-electron chi connectivity index (χ2n) is 7.02. The molecule has 0 aromatic heterocycles. The van der Waals surface area contributed by atoms with Crippen LogP contribution in [-0.4, -0.2) is 57.4 Å².